The van der Waals surface area contributed by atoms with Gasteiger partial charge in [0.05, 0.1) is 0 Å². The summed E-state index contributed by atoms with van der Waals surface area (Å²) >= 11 is 0. The first-order valence-electron chi connectivity index (χ1n) is 13.8. The predicted octanol–water partition coefficient (Wildman–Crippen LogP) is 7.22. The second-order valence-electron chi connectivity index (χ2n) is 13.2. The van der Waals surface area contributed by atoms with Gasteiger partial charge in [-0.25, -0.2) is 0 Å². The van der Waals surface area contributed by atoms with Gasteiger partial charge in [-0.1, -0.05) is 53.9 Å². The van der Waals surface area contributed by atoms with Crippen molar-refractivity contribution in [1.29, 1.82) is 0 Å². The monoisotopic (exact) mass is 444 g/mol. The molecule has 4 aliphatic carbocycles. The van der Waals surface area contributed by atoms with Gasteiger partial charge in [0.2, 0.25) is 0 Å². The van der Waals surface area contributed by atoms with E-state index in [0.29, 0.717) is 23.7 Å². The summed E-state index contributed by atoms with van der Waals surface area (Å²) in [5.41, 5.74) is 0.653. The van der Waals surface area contributed by atoms with Gasteiger partial charge in [0.15, 0.2) is 11.9 Å². The molecule has 0 heterocycles. The van der Waals surface area contributed by atoms with Gasteiger partial charge in [-0.05, 0) is 97.2 Å². The van der Waals surface area contributed by atoms with Gasteiger partial charge < -0.3 is 4.74 Å². The largest absolute Gasteiger partial charge is 0.455 e. The number of carbonyl (C=O) groups is 2. The van der Waals surface area contributed by atoms with Crippen LogP contribution in [0.1, 0.15) is 112 Å². The third-order valence-electron chi connectivity index (χ3n) is 11.0. The van der Waals surface area contributed by atoms with Gasteiger partial charge in [0, 0.05) is 13.3 Å². The normalized spacial score (nSPS) is 44.5. The van der Waals surface area contributed by atoms with Crippen LogP contribution in [0.5, 0.6) is 0 Å². The number of Topliss-reactive ketones (excluding diaryl/α,β-unsaturated/α-hetero) is 1. The minimum absolute atomic E-state index is 0.152. The van der Waals surface area contributed by atoms with E-state index in [2.05, 4.69) is 34.6 Å². The molecule has 0 aromatic carbocycles. The number of hydrogen-bond donors (Lipinski definition) is 0. The van der Waals surface area contributed by atoms with Crippen molar-refractivity contribution in [3.63, 3.8) is 0 Å². The van der Waals surface area contributed by atoms with E-state index in [0.717, 1.165) is 36.0 Å². The van der Waals surface area contributed by atoms with E-state index in [4.69, 9.17) is 4.74 Å². The highest BCUT2D eigenvalue weighted by Gasteiger charge is 2.61. The molecule has 4 rings (SSSR count). The van der Waals surface area contributed by atoms with Crippen LogP contribution in [0, 0.1) is 52.3 Å². The fourth-order valence-corrected chi connectivity index (χ4v) is 9.41. The van der Waals surface area contributed by atoms with Crippen molar-refractivity contribution in [2.75, 3.05) is 0 Å². The van der Waals surface area contributed by atoms with Gasteiger partial charge in [-0.3, -0.25) is 9.59 Å². The number of carbonyl (C=O) groups excluding carboxylic acids is 2. The molecule has 0 aromatic heterocycles. The molecule has 4 fully saturated rings. The molecule has 9 atom stereocenters. The standard InChI is InChI=1S/C29H48O3/c1-18(2)8-7-9-19(3)23-12-13-24-22-11-10-21-16-26(31)27(32-20(4)30)17-29(21,6)25(22)14-15-28(23,24)5/h18-19,21-25,27H,7-17H2,1-6H3/t19-,21?,22+,23-,24+,25+,27-,28-,29+/m1/s1. The van der Waals surface area contributed by atoms with Crippen molar-refractivity contribution in [2.45, 2.75) is 118 Å². The Labute approximate surface area is 196 Å². The first-order valence-corrected chi connectivity index (χ1v) is 13.8. The lowest BCUT2D eigenvalue weighted by molar-refractivity contribution is -0.171. The summed E-state index contributed by atoms with van der Waals surface area (Å²) in [6.07, 6.45) is 13.0. The maximum absolute atomic E-state index is 12.7. The van der Waals surface area contributed by atoms with Crippen molar-refractivity contribution in [3.05, 3.63) is 0 Å². The van der Waals surface area contributed by atoms with Crippen LogP contribution in [0.25, 0.3) is 0 Å². The summed E-state index contributed by atoms with van der Waals surface area (Å²) in [6.45, 7) is 13.8. The zero-order chi connectivity index (χ0) is 23.3. The summed E-state index contributed by atoms with van der Waals surface area (Å²) in [4.78, 5) is 24.3. The third kappa shape index (κ3) is 4.20. The molecule has 0 aromatic rings. The highest BCUT2D eigenvalue weighted by Crippen LogP contribution is 2.68. The average Bonchev–Trinajstić information content (AvgIpc) is 3.05. The van der Waals surface area contributed by atoms with Gasteiger partial charge >= 0.3 is 5.97 Å². The molecular formula is C29H48O3. The molecule has 0 aliphatic heterocycles. The molecule has 3 nitrogen and oxygen atoms in total. The molecule has 0 spiro atoms. The fraction of sp³-hybridized carbons (Fsp3) is 0.931. The SMILES string of the molecule is CC(=O)O[C@@H]1C[C@@]2(C)C(CC[C@H]3[C@@H]4CC[C@H]([C@H](C)CCCC(C)C)[C@@]4(C)CC[C@@H]32)CC1=O. The van der Waals surface area contributed by atoms with E-state index in [1.807, 2.05) is 0 Å². The van der Waals surface area contributed by atoms with Gasteiger partial charge in [0.25, 0.3) is 0 Å². The van der Waals surface area contributed by atoms with E-state index < -0.39 is 6.10 Å². The Hall–Kier alpha value is -0.860. The summed E-state index contributed by atoms with van der Waals surface area (Å²) in [5, 5.41) is 0. The Balaban J connectivity index is 1.49. The van der Waals surface area contributed by atoms with Crippen LogP contribution >= 0.6 is 0 Å². The minimum atomic E-state index is -0.502. The van der Waals surface area contributed by atoms with Crippen LogP contribution in [0.3, 0.4) is 0 Å². The lowest BCUT2D eigenvalue weighted by atomic mass is 9.44. The lowest BCUT2D eigenvalue weighted by Crippen LogP contribution is -2.56. The quantitative estimate of drug-likeness (QED) is 0.406. The van der Waals surface area contributed by atoms with Crippen LogP contribution in [-0.4, -0.2) is 17.9 Å². The smallest absolute Gasteiger partial charge is 0.303 e. The van der Waals surface area contributed by atoms with Crippen molar-refractivity contribution >= 4 is 11.8 Å². The van der Waals surface area contributed by atoms with Crippen molar-refractivity contribution in [1.82, 2.24) is 0 Å². The molecule has 4 aliphatic rings. The Morgan fingerprint density at radius 3 is 2.41 bits per heavy atom. The van der Waals surface area contributed by atoms with Crippen molar-refractivity contribution in [2.24, 2.45) is 52.3 Å². The number of rotatable bonds is 6. The Morgan fingerprint density at radius 2 is 1.72 bits per heavy atom. The minimum Gasteiger partial charge on any atom is -0.455 e. The molecule has 0 N–H and O–H groups in total. The second kappa shape index (κ2) is 9.06. The summed E-state index contributed by atoms with van der Waals surface area (Å²) in [6, 6.07) is 0. The molecule has 3 heteroatoms. The first kappa shape index (κ1) is 24.3. The van der Waals surface area contributed by atoms with Crippen molar-refractivity contribution < 1.29 is 14.3 Å². The molecule has 182 valence electrons. The van der Waals surface area contributed by atoms with Crippen LogP contribution < -0.4 is 0 Å². The second-order valence-corrected chi connectivity index (χ2v) is 13.2. The average molecular weight is 445 g/mol. The van der Waals surface area contributed by atoms with E-state index in [9.17, 15) is 9.59 Å². The number of esters is 1. The maximum Gasteiger partial charge on any atom is 0.303 e. The summed E-state index contributed by atoms with van der Waals surface area (Å²) in [5.74, 6) is 5.23. The molecule has 1 unspecified atom stereocenters. The molecule has 0 saturated heterocycles. The zero-order valence-corrected chi connectivity index (χ0v) is 21.6. The number of ketones is 1. The molecule has 32 heavy (non-hydrogen) atoms. The highest BCUT2D eigenvalue weighted by molar-refractivity contribution is 5.86. The van der Waals surface area contributed by atoms with Crippen LogP contribution in [0.15, 0.2) is 0 Å². The molecule has 0 radical (unpaired) electrons. The first-order chi connectivity index (χ1) is 15.1. The van der Waals surface area contributed by atoms with Crippen LogP contribution in [0.2, 0.25) is 0 Å². The predicted molar refractivity (Wildman–Crippen MR) is 129 cm³/mol. The summed E-state index contributed by atoms with van der Waals surface area (Å²) in [7, 11) is 0. The van der Waals surface area contributed by atoms with Gasteiger partial charge in [-0.2, -0.15) is 0 Å². The lowest BCUT2D eigenvalue weighted by Gasteiger charge is -2.61. The number of hydrogen-bond acceptors (Lipinski definition) is 3. The molecule has 0 bridgehead atoms. The van der Waals surface area contributed by atoms with E-state index in [-0.39, 0.29) is 17.2 Å². The summed E-state index contributed by atoms with van der Waals surface area (Å²) < 4.78 is 5.52. The number of ether oxygens (including phenoxy) is 1. The van der Waals surface area contributed by atoms with Crippen molar-refractivity contribution in [3.8, 4) is 0 Å². The fourth-order valence-electron chi connectivity index (χ4n) is 9.41. The highest BCUT2D eigenvalue weighted by atomic mass is 16.5. The van der Waals surface area contributed by atoms with E-state index in [1.165, 1.54) is 64.7 Å². The third-order valence-corrected chi connectivity index (χ3v) is 11.0. The zero-order valence-electron chi connectivity index (χ0n) is 21.6. The van der Waals surface area contributed by atoms with E-state index >= 15 is 0 Å². The molecular weight excluding hydrogens is 396 g/mol. The van der Waals surface area contributed by atoms with E-state index in [1.54, 1.807) is 0 Å². The van der Waals surface area contributed by atoms with Gasteiger partial charge in [0.1, 0.15) is 0 Å². The maximum atomic E-state index is 12.7. The Morgan fingerprint density at radius 1 is 1.00 bits per heavy atom. The molecule has 0 amide bonds. The Kier molecular flexibility index (Phi) is 6.87. The topological polar surface area (TPSA) is 43.4 Å². The number of fused-ring (bicyclic) bond motifs is 5. The van der Waals surface area contributed by atoms with Crippen LogP contribution in [-0.2, 0) is 14.3 Å². The van der Waals surface area contributed by atoms with Crippen LogP contribution in [0.4, 0.5) is 0 Å². The Bertz CT molecular complexity index is 713. The molecule has 4 saturated carbocycles. The van der Waals surface area contributed by atoms with Gasteiger partial charge in [-0.15, -0.1) is 0 Å².